The predicted molar refractivity (Wildman–Crippen MR) is 67.0 cm³/mol. The molecule has 0 fully saturated rings. The summed E-state index contributed by atoms with van der Waals surface area (Å²) < 4.78 is 56.1. The molecule has 2 aromatic carbocycles. The minimum atomic E-state index is -4.56. The van der Waals surface area contributed by atoms with E-state index in [2.05, 4.69) is 0 Å². The molecule has 0 saturated carbocycles. The molecule has 0 radical (unpaired) electrons. The van der Waals surface area contributed by atoms with E-state index in [4.69, 9.17) is 15.7 Å². The highest BCUT2D eigenvalue weighted by Crippen LogP contribution is 2.34. The lowest BCUT2D eigenvalue weighted by atomic mass is 10.1. The van der Waals surface area contributed by atoms with Gasteiger partial charge in [-0.2, -0.15) is 18.4 Å². The smallest absolute Gasteiger partial charge is 0.416 e. The highest BCUT2D eigenvalue weighted by molar-refractivity contribution is 5.49. The second-order valence-electron chi connectivity index (χ2n) is 4.11. The largest absolute Gasteiger partial charge is 0.456 e. The van der Waals surface area contributed by atoms with Crippen LogP contribution >= 0.6 is 0 Å². The Morgan fingerprint density at radius 3 is 2.38 bits per heavy atom. The number of nitriles is 1. The predicted octanol–water partition coefficient (Wildman–Crippen LogP) is 4.09. The summed E-state index contributed by atoms with van der Waals surface area (Å²) >= 11 is 0. The van der Waals surface area contributed by atoms with Gasteiger partial charge in [0.25, 0.3) is 0 Å². The molecule has 2 N–H and O–H groups in total. The first kappa shape index (κ1) is 14.7. The average Bonchev–Trinajstić information content (AvgIpc) is 2.42. The van der Waals surface area contributed by atoms with Crippen LogP contribution in [0, 0.1) is 17.1 Å². The van der Waals surface area contributed by atoms with Crippen LogP contribution in [-0.2, 0) is 6.18 Å². The van der Waals surface area contributed by atoms with Gasteiger partial charge in [0.05, 0.1) is 16.8 Å². The molecule has 0 atom stereocenters. The Labute approximate surface area is 117 Å². The van der Waals surface area contributed by atoms with Crippen molar-refractivity contribution in [2.75, 3.05) is 5.73 Å². The van der Waals surface area contributed by atoms with Gasteiger partial charge in [-0.1, -0.05) is 0 Å². The first-order chi connectivity index (χ1) is 9.81. The van der Waals surface area contributed by atoms with E-state index in [9.17, 15) is 17.6 Å². The minimum absolute atomic E-state index is 0.0259. The van der Waals surface area contributed by atoms with E-state index in [0.717, 1.165) is 18.2 Å². The molecule has 0 aliphatic rings. The highest BCUT2D eigenvalue weighted by atomic mass is 19.4. The monoisotopic (exact) mass is 296 g/mol. The number of nitrogens with two attached hydrogens (primary N) is 1. The van der Waals surface area contributed by atoms with E-state index >= 15 is 0 Å². The van der Waals surface area contributed by atoms with Gasteiger partial charge in [-0.05, 0) is 30.3 Å². The zero-order valence-electron chi connectivity index (χ0n) is 10.4. The molecule has 0 amide bonds. The fourth-order valence-electron chi connectivity index (χ4n) is 1.58. The van der Waals surface area contributed by atoms with Crippen molar-refractivity contribution in [2.24, 2.45) is 0 Å². The van der Waals surface area contributed by atoms with Crippen molar-refractivity contribution in [1.82, 2.24) is 0 Å². The zero-order chi connectivity index (χ0) is 15.6. The maximum absolute atomic E-state index is 13.3. The molecule has 0 aliphatic heterocycles. The number of benzene rings is 2. The Morgan fingerprint density at radius 1 is 1.10 bits per heavy atom. The van der Waals surface area contributed by atoms with E-state index in [-0.39, 0.29) is 22.7 Å². The lowest BCUT2D eigenvalue weighted by Crippen LogP contribution is -2.05. The Morgan fingerprint density at radius 2 is 1.81 bits per heavy atom. The normalized spacial score (nSPS) is 11.0. The first-order valence-corrected chi connectivity index (χ1v) is 5.65. The number of rotatable bonds is 2. The molecule has 0 heterocycles. The molecule has 0 spiro atoms. The van der Waals surface area contributed by atoms with E-state index in [1.54, 1.807) is 6.07 Å². The lowest BCUT2D eigenvalue weighted by Gasteiger charge is -2.11. The van der Waals surface area contributed by atoms with Crippen LogP contribution in [0.2, 0.25) is 0 Å². The molecular formula is C14H8F4N2O. The van der Waals surface area contributed by atoms with Crippen LogP contribution in [0.4, 0.5) is 23.2 Å². The number of alkyl halides is 3. The van der Waals surface area contributed by atoms with Gasteiger partial charge in [0.1, 0.15) is 23.4 Å². The second kappa shape index (κ2) is 5.32. The Kier molecular flexibility index (Phi) is 3.72. The summed E-state index contributed by atoms with van der Waals surface area (Å²) in [6, 6.07) is 7.65. The molecule has 2 aromatic rings. The molecule has 7 heteroatoms. The summed E-state index contributed by atoms with van der Waals surface area (Å²) in [5.74, 6) is -0.800. The molecule has 0 aliphatic carbocycles. The molecule has 0 bridgehead atoms. The van der Waals surface area contributed by atoms with Crippen molar-refractivity contribution in [1.29, 1.82) is 5.26 Å². The van der Waals surface area contributed by atoms with Crippen molar-refractivity contribution >= 4 is 5.69 Å². The number of halogens is 4. The molecule has 0 unspecified atom stereocenters. The Hall–Kier alpha value is -2.75. The molecule has 2 rings (SSSR count). The number of hydrogen-bond acceptors (Lipinski definition) is 3. The van der Waals surface area contributed by atoms with E-state index < -0.39 is 17.6 Å². The fourth-order valence-corrected chi connectivity index (χ4v) is 1.58. The van der Waals surface area contributed by atoms with Crippen molar-refractivity contribution in [3.8, 4) is 17.6 Å². The van der Waals surface area contributed by atoms with Crippen LogP contribution in [-0.4, -0.2) is 0 Å². The Bertz CT molecular complexity index is 720. The molecule has 21 heavy (non-hydrogen) atoms. The third-order valence-electron chi connectivity index (χ3n) is 2.63. The van der Waals surface area contributed by atoms with Crippen molar-refractivity contribution in [2.45, 2.75) is 6.18 Å². The Balaban J connectivity index is 2.36. The van der Waals surface area contributed by atoms with Crippen LogP contribution < -0.4 is 10.5 Å². The molecule has 108 valence electrons. The highest BCUT2D eigenvalue weighted by Gasteiger charge is 2.31. The van der Waals surface area contributed by atoms with Crippen LogP contribution in [0.3, 0.4) is 0 Å². The topological polar surface area (TPSA) is 59.0 Å². The summed E-state index contributed by atoms with van der Waals surface area (Å²) in [6.07, 6.45) is -4.56. The zero-order valence-corrected chi connectivity index (χ0v) is 10.4. The number of nitrogens with zero attached hydrogens (tertiary/aromatic N) is 1. The van der Waals surface area contributed by atoms with Crippen molar-refractivity contribution in [3.63, 3.8) is 0 Å². The maximum Gasteiger partial charge on any atom is 0.416 e. The van der Waals surface area contributed by atoms with Crippen molar-refractivity contribution in [3.05, 3.63) is 53.3 Å². The first-order valence-electron chi connectivity index (χ1n) is 5.65. The maximum atomic E-state index is 13.3. The number of anilines is 1. The number of ether oxygens (including phenoxy) is 1. The molecule has 0 aromatic heterocycles. The van der Waals surface area contributed by atoms with Crippen LogP contribution in [0.5, 0.6) is 11.5 Å². The quantitative estimate of drug-likeness (QED) is 0.670. The molecule has 3 nitrogen and oxygen atoms in total. The number of nitrogen functional groups attached to an aromatic ring is 1. The van der Waals surface area contributed by atoms with Crippen molar-refractivity contribution < 1.29 is 22.3 Å². The standard InChI is InChI=1S/C14H8F4N2O/c15-11-6-10(2-3-12(11)20)21-13-4-1-9(14(16,17)18)5-8(13)7-19/h1-6H,20H2. The second-order valence-corrected chi connectivity index (χ2v) is 4.11. The summed E-state index contributed by atoms with van der Waals surface area (Å²) in [5, 5.41) is 8.89. The van der Waals surface area contributed by atoms with Crippen LogP contribution in [0.1, 0.15) is 11.1 Å². The third-order valence-corrected chi connectivity index (χ3v) is 2.63. The van der Waals surface area contributed by atoms with E-state index in [0.29, 0.717) is 6.07 Å². The lowest BCUT2D eigenvalue weighted by molar-refractivity contribution is -0.137. The average molecular weight is 296 g/mol. The van der Waals surface area contributed by atoms with Crippen LogP contribution in [0.15, 0.2) is 36.4 Å². The van der Waals surface area contributed by atoms with E-state index in [1.807, 2.05) is 0 Å². The van der Waals surface area contributed by atoms with E-state index in [1.165, 1.54) is 12.1 Å². The summed E-state index contributed by atoms with van der Waals surface area (Å²) in [4.78, 5) is 0. The molecular weight excluding hydrogens is 288 g/mol. The SMILES string of the molecule is N#Cc1cc(C(F)(F)F)ccc1Oc1ccc(N)c(F)c1. The minimum Gasteiger partial charge on any atom is -0.456 e. The van der Waals surface area contributed by atoms with Gasteiger partial charge in [0.15, 0.2) is 0 Å². The van der Waals surface area contributed by atoms with Gasteiger partial charge in [-0.3, -0.25) is 0 Å². The van der Waals surface area contributed by atoms with Crippen LogP contribution in [0.25, 0.3) is 0 Å². The van der Waals surface area contributed by atoms with Gasteiger partial charge < -0.3 is 10.5 Å². The summed E-state index contributed by atoms with van der Waals surface area (Å²) in [5.41, 5.74) is 3.94. The van der Waals surface area contributed by atoms with Gasteiger partial charge in [-0.15, -0.1) is 0 Å². The van der Waals surface area contributed by atoms with Gasteiger partial charge in [0.2, 0.25) is 0 Å². The molecule has 0 saturated heterocycles. The van der Waals surface area contributed by atoms with Gasteiger partial charge in [-0.25, -0.2) is 4.39 Å². The third kappa shape index (κ3) is 3.23. The summed E-state index contributed by atoms with van der Waals surface area (Å²) in [6.45, 7) is 0. The summed E-state index contributed by atoms with van der Waals surface area (Å²) in [7, 11) is 0. The fraction of sp³-hybridized carbons (Fsp3) is 0.0714. The van der Waals surface area contributed by atoms with Gasteiger partial charge >= 0.3 is 6.18 Å². The van der Waals surface area contributed by atoms with Gasteiger partial charge in [0, 0.05) is 6.07 Å². The number of hydrogen-bond donors (Lipinski definition) is 1.